The van der Waals surface area contributed by atoms with Crippen LogP contribution < -0.4 is 14.8 Å². The summed E-state index contributed by atoms with van der Waals surface area (Å²) in [6, 6.07) is 13.7. The molecule has 1 unspecified atom stereocenters. The van der Waals surface area contributed by atoms with Crippen LogP contribution in [0.1, 0.15) is 18.1 Å². The van der Waals surface area contributed by atoms with Gasteiger partial charge in [-0.1, -0.05) is 12.1 Å². The number of morpholine rings is 1. The van der Waals surface area contributed by atoms with Crippen LogP contribution in [0.5, 0.6) is 11.5 Å². The molecule has 200 valence electrons. The molecule has 39 heavy (non-hydrogen) atoms. The van der Waals surface area contributed by atoms with Gasteiger partial charge in [0.05, 0.1) is 38.1 Å². The van der Waals surface area contributed by atoms with Crippen LogP contribution in [0.3, 0.4) is 0 Å². The summed E-state index contributed by atoms with van der Waals surface area (Å²) < 4.78 is 18.7. The van der Waals surface area contributed by atoms with Gasteiger partial charge in [0.15, 0.2) is 0 Å². The highest BCUT2D eigenvalue weighted by Gasteiger charge is 2.14. The second kappa shape index (κ2) is 12.3. The van der Waals surface area contributed by atoms with Crippen LogP contribution >= 0.6 is 0 Å². The molecule has 12 nitrogen and oxygen atoms in total. The summed E-state index contributed by atoms with van der Waals surface area (Å²) >= 11 is 0. The maximum Gasteiger partial charge on any atom is 0.227 e. The fourth-order valence-electron chi connectivity index (χ4n) is 4.29. The van der Waals surface area contributed by atoms with Gasteiger partial charge in [-0.2, -0.15) is 5.26 Å². The monoisotopic (exact) mass is 527 g/mol. The number of rotatable bonds is 10. The standard InChI is InChI=1S/C27H29N9O3/c1-19(16-36-18-31-33-34-36)39-25-12-21(4-5-22(25)13-28)23-14-29-27(30-15-23)32-24-6-3-20(11-26(24)37-2)17-35-7-9-38-10-8-35/h3-6,11-12,14-15,18-19H,7-10,16-17H2,1-2H3,(H,29,30,32). The van der Waals surface area contributed by atoms with Gasteiger partial charge in [-0.15, -0.1) is 5.10 Å². The minimum atomic E-state index is -0.256. The third-order valence-electron chi connectivity index (χ3n) is 6.27. The normalized spacial score (nSPS) is 14.4. The van der Waals surface area contributed by atoms with E-state index in [-0.39, 0.29) is 6.10 Å². The fourth-order valence-corrected chi connectivity index (χ4v) is 4.29. The Hall–Kier alpha value is -4.60. The largest absolute Gasteiger partial charge is 0.495 e. The average molecular weight is 528 g/mol. The van der Waals surface area contributed by atoms with E-state index in [4.69, 9.17) is 14.2 Å². The molecule has 0 saturated carbocycles. The molecule has 1 aliphatic heterocycles. The summed E-state index contributed by atoms with van der Waals surface area (Å²) in [5, 5.41) is 23.9. The lowest BCUT2D eigenvalue weighted by Gasteiger charge is -2.26. The van der Waals surface area contributed by atoms with E-state index in [1.165, 1.54) is 11.9 Å². The Morgan fingerprint density at radius 1 is 1.08 bits per heavy atom. The summed E-state index contributed by atoms with van der Waals surface area (Å²) in [7, 11) is 1.65. The minimum Gasteiger partial charge on any atom is -0.495 e. The van der Waals surface area contributed by atoms with Gasteiger partial charge in [0.1, 0.15) is 30.0 Å². The zero-order valence-electron chi connectivity index (χ0n) is 21.8. The predicted octanol–water partition coefficient (Wildman–Crippen LogP) is 3.05. The fraction of sp³-hybridized carbons (Fsp3) is 0.333. The van der Waals surface area contributed by atoms with Gasteiger partial charge in [0, 0.05) is 37.6 Å². The van der Waals surface area contributed by atoms with Crippen molar-refractivity contribution < 1.29 is 14.2 Å². The van der Waals surface area contributed by atoms with Crippen molar-refractivity contribution in [3.8, 4) is 28.7 Å². The van der Waals surface area contributed by atoms with Crippen molar-refractivity contribution >= 4 is 11.6 Å². The molecule has 4 aromatic rings. The first kappa shape index (κ1) is 26.0. The van der Waals surface area contributed by atoms with Crippen molar-refractivity contribution in [3.05, 3.63) is 66.2 Å². The van der Waals surface area contributed by atoms with Gasteiger partial charge < -0.3 is 19.5 Å². The molecule has 5 rings (SSSR count). The van der Waals surface area contributed by atoms with E-state index in [1.807, 2.05) is 31.2 Å². The van der Waals surface area contributed by atoms with E-state index in [0.717, 1.165) is 55.4 Å². The number of methoxy groups -OCH3 is 1. The van der Waals surface area contributed by atoms with Gasteiger partial charge in [0.2, 0.25) is 5.95 Å². The maximum atomic E-state index is 9.55. The molecule has 0 amide bonds. The Labute approximate surface area is 226 Å². The number of nitrogens with zero attached hydrogens (tertiary/aromatic N) is 8. The number of tetrazole rings is 1. The summed E-state index contributed by atoms with van der Waals surface area (Å²) in [5.41, 5.74) is 4.00. The predicted molar refractivity (Wildman–Crippen MR) is 142 cm³/mol. The Morgan fingerprint density at radius 3 is 2.62 bits per heavy atom. The lowest BCUT2D eigenvalue weighted by atomic mass is 10.1. The molecule has 1 atom stereocenters. The van der Waals surface area contributed by atoms with E-state index >= 15 is 0 Å². The van der Waals surface area contributed by atoms with Gasteiger partial charge >= 0.3 is 0 Å². The van der Waals surface area contributed by atoms with Crippen LogP contribution in [0.25, 0.3) is 11.1 Å². The SMILES string of the molecule is COc1cc(CN2CCOCC2)ccc1Nc1ncc(-c2ccc(C#N)c(OC(C)Cn3cnnn3)c2)cn1. The topological polar surface area (TPSA) is 136 Å². The number of nitriles is 1. The van der Waals surface area contributed by atoms with E-state index in [2.05, 4.69) is 47.8 Å². The molecule has 1 saturated heterocycles. The number of aromatic nitrogens is 6. The van der Waals surface area contributed by atoms with E-state index < -0.39 is 0 Å². The second-order valence-corrected chi connectivity index (χ2v) is 9.13. The van der Waals surface area contributed by atoms with Crippen LogP contribution in [0.2, 0.25) is 0 Å². The highest BCUT2D eigenvalue weighted by Crippen LogP contribution is 2.30. The molecule has 1 fully saturated rings. The van der Waals surface area contributed by atoms with Crippen molar-refractivity contribution in [1.29, 1.82) is 5.26 Å². The quantitative estimate of drug-likeness (QED) is 0.326. The average Bonchev–Trinajstić information content (AvgIpc) is 3.47. The lowest BCUT2D eigenvalue weighted by molar-refractivity contribution is 0.0342. The first-order chi connectivity index (χ1) is 19.1. The Bertz CT molecular complexity index is 1420. The molecule has 0 aliphatic carbocycles. The van der Waals surface area contributed by atoms with Crippen molar-refractivity contribution in [2.75, 3.05) is 38.7 Å². The smallest absolute Gasteiger partial charge is 0.227 e. The van der Waals surface area contributed by atoms with Gasteiger partial charge in [-0.05, 0) is 52.7 Å². The first-order valence-corrected chi connectivity index (χ1v) is 12.6. The Balaban J connectivity index is 1.27. The maximum absolute atomic E-state index is 9.55. The zero-order chi connectivity index (χ0) is 27.0. The molecule has 2 aromatic heterocycles. The summed E-state index contributed by atoms with van der Waals surface area (Å²) in [4.78, 5) is 11.4. The summed E-state index contributed by atoms with van der Waals surface area (Å²) in [6.45, 7) is 6.57. The third kappa shape index (κ3) is 6.64. The minimum absolute atomic E-state index is 0.256. The van der Waals surface area contributed by atoms with Gasteiger partial charge in [-0.25, -0.2) is 14.6 Å². The Kier molecular flexibility index (Phi) is 8.20. The van der Waals surface area contributed by atoms with Crippen molar-refractivity contribution in [2.45, 2.75) is 26.1 Å². The number of anilines is 2. The molecule has 3 heterocycles. The number of benzene rings is 2. The molecule has 0 spiro atoms. The van der Waals surface area contributed by atoms with Crippen molar-refractivity contribution in [2.24, 2.45) is 0 Å². The number of nitrogens with one attached hydrogen (secondary N) is 1. The molecular formula is C27H29N9O3. The first-order valence-electron chi connectivity index (χ1n) is 12.6. The molecular weight excluding hydrogens is 498 g/mol. The highest BCUT2D eigenvalue weighted by molar-refractivity contribution is 5.68. The molecule has 12 heteroatoms. The third-order valence-corrected chi connectivity index (χ3v) is 6.27. The van der Waals surface area contributed by atoms with Crippen LogP contribution in [0.15, 0.2) is 55.1 Å². The van der Waals surface area contributed by atoms with E-state index in [9.17, 15) is 5.26 Å². The number of ether oxygens (including phenoxy) is 3. The number of hydrogen-bond acceptors (Lipinski definition) is 11. The van der Waals surface area contributed by atoms with Crippen LogP contribution in [0.4, 0.5) is 11.6 Å². The van der Waals surface area contributed by atoms with E-state index in [1.54, 1.807) is 30.3 Å². The van der Waals surface area contributed by atoms with Gasteiger partial charge in [0.25, 0.3) is 0 Å². The van der Waals surface area contributed by atoms with Crippen LogP contribution in [0, 0.1) is 11.3 Å². The highest BCUT2D eigenvalue weighted by atomic mass is 16.5. The summed E-state index contributed by atoms with van der Waals surface area (Å²) in [5.74, 6) is 1.64. The molecule has 1 N–H and O–H groups in total. The summed E-state index contributed by atoms with van der Waals surface area (Å²) in [6.07, 6.45) is 4.71. The molecule has 0 radical (unpaired) electrons. The van der Waals surface area contributed by atoms with Crippen LogP contribution in [-0.2, 0) is 17.8 Å². The Morgan fingerprint density at radius 2 is 1.90 bits per heavy atom. The van der Waals surface area contributed by atoms with Crippen LogP contribution in [-0.4, -0.2) is 74.6 Å². The van der Waals surface area contributed by atoms with E-state index in [0.29, 0.717) is 23.8 Å². The molecule has 0 bridgehead atoms. The van der Waals surface area contributed by atoms with Crippen molar-refractivity contribution in [1.82, 2.24) is 35.1 Å². The lowest BCUT2D eigenvalue weighted by Crippen LogP contribution is -2.35. The molecule has 2 aromatic carbocycles. The molecule has 1 aliphatic rings. The van der Waals surface area contributed by atoms with Gasteiger partial charge in [-0.3, -0.25) is 4.90 Å². The number of hydrogen-bond donors (Lipinski definition) is 1. The zero-order valence-corrected chi connectivity index (χ0v) is 21.8. The van der Waals surface area contributed by atoms with Crippen molar-refractivity contribution in [3.63, 3.8) is 0 Å². The second-order valence-electron chi connectivity index (χ2n) is 9.13.